The number of hydrogen-bond acceptors (Lipinski definition) is 6. The second-order valence-electron chi connectivity index (χ2n) is 5.29. The molecule has 1 aliphatic rings. The number of carbonyl (C=O) groups is 2. The maximum absolute atomic E-state index is 12.1. The first-order valence-corrected chi connectivity index (χ1v) is 7.10. The van der Waals surface area contributed by atoms with Crippen molar-refractivity contribution in [2.75, 3.05) is 26.7 Å². The molecule has 1 heterocycles. The highest BCUT2D eigenvalue weighted by Gasteiger charge is 2.23. The van der Waals surface area contributed by atoms with Gasteiger partial charge < -0.3 is 25.6 Å². The second kappa shape index (κ2) is 8.71. The molecule has 0 aromatic heterocycles. The van der Waals surface area contributed by atoms with Crippen molar-refractivity contribution in [2.45, 2.75) is 12.5 Å². The molecule has 0 radical (unpaired) electrons. The number of hydrogen-bond donors (Lipinski definition) is 4. The number of ether oxygens (including phenoxy) is 1. The molecule has 0 unspecified atom stereocenters. The number of aromatic hydroxyl groups is 1. The minimum Gasteiger partial charge on any atom is -0.508 e. The fourth-order valence-electron chi connectivity index (χ4n) is 2.44. The van der Waals surface area contributed by atoms with Gasteiger partial charge in [-0.3, -0.25) is 4.79 Å². The molecule has 0 saturated carbocycles. The van der Waals surface area contributed by atoms with E-state index in [-0.39, 0.29) is 35.2 Å². The van der Waals surface area contributed by atoms with Gasteiger partial charge in [0.25, 0.3) is 5.91 Å². The zero-order valence-electron chi connectivity index (χ0n) is 12.7. The van der Waals surface area contributed by atoms with E-state index >= 15 is 0 Å². The maximum atomic E-state index is 12.1. The number of phenolic OH excluding ortho intramolecular Hbond substituents is 1. The van der Waals surface area contributed by atoms with Crippen LogP contribution in [0.5, 0.6) is 5.75 Å². The Bertz CT molecular complexity index is 567. The Balaban J connectivity index is 0.00000264. The van der Waals surface area contributed by atoms with Crippen molar-refractivity contribution in [3.63, 3.8) is 0 Å². The smallest absolute Gasteiger partial charge is 0.338 e. The topological polar surface area (TPSA) is 108 Å². The number of piperidine rings is 1. The quantitative estimate of drug-likeness (QED) is 0.585. The minimum atomic E-state index is -0.626. The lowest BCUT2D eigenvalue weighted by Crippen LogP contribution is -2.45. The molecule has 1 amide bonds. The largest absolute Gasteiger partial charge is 0.508 e. The Hall–Kier alpha value is -1.83. The Morgan fingerprint density at radius 1 is 1.35 bits per heavy atom. The molecule has 7 nitrogen and oxygen atoms in total. The SMILES string of the molecule is COC(=O)c1cc(O)cc(C(=O)NC[C@@H]2CCNC[C@H]2O)c1.Cl. The Kier molecular flexibility index (Phi) is 7.28. The van der Waals surface area contributed by atoms with Crippen LogP contribution in [0, 0.1) is 5.92 Å². The number of carbonyl (C=O) groups excluding carboxylic acids is 2. The number of aliphatic hydroxyl groups excluding tert-OH is 1. The lowest BCUT2D eigenvalue weighted by atomic mass is 9.95. The van der Waals surface area contributed by atoms with Crippen molar-refractivity contribution in [1.82, 2.24) is 10.6 Å². The average molecular weight is 345 g/mol. The minimum absolute atomic E-state index is 0. The van der Waals surface area contributed by atoms with Crippen molar-refractivity contribution in [2.24, 2.45) is 5.92 Å². The number of rotatable bonds is 4. The zero-order valence-corrected chi connectivity index (χ0v) is 13.6. The highest BCUT2D eigenvalue weighted by atomic mass is 35.5. The summed E-state index contributed by atoms with van der Waals surface area (Å²) in [5, 5.41) is 25.2. The number of benzene rings is 1. The molecule has 1 aromatic rings. The van der Waals surface area contributed by atoms with E-state index in [0.29, 0.717) is 13.1 Å². The third-order valence-corrected chi connectivity index (χ3v) is 3.72. The number of nitrogens with one attached hydrogen (secondary N) is 2. The standard InChI is InChI=1S/C15H20N2O5.ClH/c1-22-15(21)11-4-10(5-12(18)6-11)14(20)17-7-9-2-3-16-8-13(9)19;/h4-6,9,13,16,18-19H,2-3,7-8H2,1H3,(H,17,20);1H/t9-,13+;/m0./s1. The van der Waals surface area contributed by atoms with E-state index in [4.69, 9.17) is 0 Å². The van der Waals surface area contributed by atoms with E-state index in [9.17, 15) is 19.8 Å². The fraction of sp³-hybridized carbons (Fsp3) is 0.467. The molecule has 128 valence electrons. The van der Waals surface area contributed by atoms with Crippen LogP contribution in [0.4, 0.5) is 0 Å². The van der Waals surface area contributed by atoms with Gasteiger partial charge in [0.05, 0.1) is 18.8 Å². The van der Waals surface area contributed by atoms with Crippen LogP contribution in [0.3, 0.4) is 0 Å². The fourth-order valence-corrected chi connectivity index (χ4v) is 2.44. The first-order valence-electron chi connectivity index (χ1n) is 7.10. The number of amides is 1. The maximum Gasteiger partial charge on any atom is 0.338 e. The first-order chi connectivity index (χ1) is 10.5. The summed E-state index contributed by atoms with van der Waals surface area (Å²) in [4.78, 5) is 23.6. The van der Waals surface area contributed by atoms with Crippen LogP contribution in [0.25, 0.3) is 0 Å². The molecular formula is C15H21ClN2O5. The molecule has 1 saturated heterocycles. The molecule has 23 heavy (non-hydrogen) atoms. The number of esters is 1. The van der Waals surface area contributed by atoms with Gasteiger partial charge in [-0.25, -0.2) is 4.79 Å². The summed E-state index contributed by atoms with van der Waals surface area (Å²) in [5.74, 6) is -1.23. The highest BCUT2D eigenvalue weighted by Crippen LogP contribution is 2.17. The predicted molar refractivity (Wildman–Crippen MR) is 86.0 cm³/mol. The predicted octanol–water partition coefficient (Wildman–Crippen LogP) is 0.301. The molecule has 2 atom stereocenters. The summed E-state index contributed by atoms with van der Waals surface area (Å²) < 4.78 is 4.57. The summed E-state index contributed by atoms with van der Waals surface area (Å²) in [6.45, 7) is 1.65. The molecule has 0 spiro atoms. The molecule has 4 N–H and O–H groups in total. The molecule has 0 aliphatic carbocycles. The van der Waals surface area contributed by atoms with E-state index in [1.807, 2.05) is 0 Å². The lowest BCUT2D eigenvalue weighted by Gasteiger charge is -2.28. The Morgan fingerprint density at radius 3 is 2.70 bits per heavy atom. The zero-order chi connectivity index (χ0) is 16.1. The number of phenols is 1. The summed E-state index contributed by atoms with van der Waals surface area (Å²) in [5.41, 5.74) is 0.276. The van der Waals surface area contributed by atoms with Crippen LogP contribution in [0.1, 0.15) is 27.1 Å². The van der Waals surface area contributed by atoms with Crippen LogP contribution in [-0.2, 0) is 4.74 Å². The molecule has 1 aromatic carbocycles. The van der Waals surface area contributed by atoms with Gasteiger partial charge in [0.2, 0.25) is 0 Å². The number of β-amino-alcohol motifs (C(OH)–C–C–N with tert-alkyl or cyclic N) is 1. The monoisotopic (exact) mass is 344 g/mol. The van der Waals surface area contributed by atoms with E-state index in [0.717, 1.165) is 13.0 Å². The summed E-state index contributed by atoms with van der Waals surface area (Å²) in [7, 11) is 1.23. The van der Waals surface area contributed by atoms with Gasteiger partial charge in [0, 0.05) is 24.6 Å². The Labute approximate surface area is 140 Å². The van der Waals surface area contributed by atoms with Gasteiger partial charge in [-0.15, -0.1) is 12.4 Å². The van der Waals surface area contributed by atoms with Crippen LogP contribution < -0.4 is 10.6 Å². The molecule has 1 fully saturated rings. The van der Waals surface area contributed by atoms with E-state index < -0.39 is 18.0 Å². The molecule has 8 heteroatoms. The van der Waals surface area contributed by atoms with Gasteiger partial charge >= 0.3 is 5.97 Å². The molecular weight excluding hydrogens is 324 g/mol. The van der Waals surface area contributed by atoms with E-state index in [1.165, 1.54) is 25.3 Å². The van der Waals surface area contributed by atoms with Crippen LogP contribution >= 0.6 is 12.4 Å². The van der Waals surface area contributed by atoms with E-state index in [2.05, 4.69) is 15.4 Å². The summed E-state index contributed by atoms with van der Waals surface area (Å²) in [6.07, 6.45) is 0.276. The number of methoxy groups -OCH3 is 1. The second-order valence-corrected chi connectivity index (χ2v) is 5.29. The van der Waals surface area contributed by atoms with Crippen molar-refractivity contribution in [3.8, 4) is 5.75 Å². The average Bonchev–Trinajstić information content (AvgIpc) is 2.52. The van der Waals surface area contributed by atoms with Crippen molar-refractivity contribution < 1.29 is 24.5 Å². The number of aliphatic hydroxyl groups is 1. The van der Waals surface area contributed by atoms with Crippen molar-refractivity contribution >= 4 is 24.3 Å². The van der Waals surface area contributed by atoms with Crippen LogP contribution in [0.15, 0.2) is 18.2 Å². The Morgan fingerprint density at radius 2 is 2.04 bits per heavy atom. The summed E-state index contributed by atoms with van der Waals surface area (Å²) in [6, 6.07) is 3.87. The van der Waals surface area contributed by atoms with Gasteiger partial charge in [0.15, 0.2) is 0 Å². The highest BCUT2D eigenvalue weighted by molar-refractivity contribution is 5.98. The lowest BCUT2D eigenvalue weighted by molar-refractivity contribution is 0.0600. The van der Waals surface area contributed by atoms with Crippen LogP contribution in [-0.4, -0.2) is 54.9 Å². The first kappa shape index (κ1) is 19.2. The van der Waals surface area contributed by atoms with Gasteiger partial charge in [-0.05, 0) is 31.2 Å². The van der Waals surface area contributed by atoms with Crippen molar-refractivity contribution in [1.29, 1.82) is 0 Å². The normalized spacial score (nSPS) is 20.3. The van der Waals surface area contributed by atoms with E-state index in [1.54, 1.807) is 0 Å². The molecule has 1 aliphatic heterocycles. The molecule has 0 bridgehead atoms. The van der Waals surface area contributed by atoms with Crippen molar-refractivity contribution in [3.05, 3.63) is 29.3 Å². The van der Waals surface area contributed by atoms with Gasteiger partial charge in [0.1, 0.15) is 5.75 Å². The van der Waals surface area contributed by atoms with Crippen LogP contribution in [0.2, 0.25) is 0 Å². The van der Waals surface area contributed by atoms with Gasteiger partial charge in [-0.1, -0.05) is 0 Å². The third kappa shape index (κ3) is 5.09. The third-order valence-electron chi connectivity index (χ3n) is 3.72. The molecule has 2 rings (SSSR count). The number of halogens is 1. The van der Waals surface area contributed by atoms with Gasteiger partial charge in [-0.2, -0.15) is 0 Å². The summed E-state index contributed by atoms with van der Waals surface area (Å²) >= 11 is 0.